The predicted octanol–water partition coefficient (Wildman–Crippen LogP) is 3.83. The molecule has 1 saturated carbocycles. The van der Waals surface area contributed by atoms with Crippen LogP contribution in [0.4, 0.5) is 0 Å². The van der Waals surface area contributed by atoms with E-state index in [0.29, 0.717) is 41.6 Å². The summed E-state index contributed by atoms with van der Waals surface area (Å²) in [6.45, 7) is 2.94. The molecule has 160 valence electrons. The molecule has 3 N–H and O–H groups in total. The Labute approximate surface area is 183 Å². The van der Waals surface area contributed by atoms with Crippen LogP contribution in [-0.2, 0) is 0 Å². The van der Waals surface area contributed by atoms with Gasteiger partial charge in [-0.25, -0.2) is 0 Å². The van der Waals surface area contributed by atoms with Gasteiger partial charge in [0.15, 0.2) is 5.11 Å². The lowest BCUT2D eigenvalue weighted by atomic mass is 9.86. The van der Waals surface area contributed by atoms with Gasteiger partial charge in [0.25, 0.3) is 5.91 Å². The minimum Gasteiger partial charge on any atom is -0.490 e. The summed E-state index contributed by atoms with van der Waals surface area (Å²) in [6.07, 6.45) is 4.77. The largest absolute Gasteiger partial charge is 0.490 e. The highest BCUT2D eigenvalue weighted by atomic mass is 32.1. The molecule has 0 saturated heterocycles. The molecular formula is C23H29N3O3S. The lowest BCUT2D eigenvalue weighted by Crippen LogP contribution is -2.51. The van der Waals surface area contributed by atoms with Crippen molar-refractivity contribution in [3.63, 3.8) is 0 Å². The van der Waals surface area contributed by atoms with E-state index >= 15 is 0 Å². The Balaban J connectivity index is 1.45. The van der Waals surface area contributed by atoms with Gasteiger partial charge in [0.05, 0.1) is 5.56 Å². The zero-order valence-corrected chi connectivity index (χ0v) is 18.0. The van der Waals surface area contributed by atoms with Crippen LogP contribution in [0.1, 0.15) is 43.0 Å². The van der Waals surface area contributed by atoms with E-state index in [2.05, 4.69) is 23.1 Å². The smallest absolute Gasteiger partial charge is 0.273 e. The molecule has 7 heteroatoms. The van der Waals surface area contributed by atoms with Crippen molar-refractivity contribution in [3.05, 3.63) is 60.2 Å². The number of para-hydroxylation sites is 2. The Morgan fingerprint density at radius 2 is 1.67 bits per heavy atom. The van der Waals surface area contributed by atoms with Gasteiger partial charge in [-0.3, -0.25) is 15.6 Å². The molecular weight excluding hydrogens is 398 g/mol. The molecule has 0 spiro atoms. The molecule has 0 aliphatic heterocycles. The first-order chi connectivity index (χ1) is 14.6. The van der Waals surface area contributed by atoms with Crippen LogP contribution in [-0.4, -0.2) is 30.3 Å². The van der Waals surface area contributed by atoms with Crippen molar-refractivity contribution in [1.82, 2.24) is 16.2 Å². The highest BCUT2D eigenvalue weighted by molar-refractivity contribution is 7.80. The quantitative estimate of drug-likeness (QED) is 0.354. The van der Waals surface area contributed by atoms with Crippen LogP contribution in [0, 0.1) is 5.92 Å². The summed E-state index contributed by atoms with van der Waals surface area (Å²) in [7, 11) is 0. The minimum atomic E-state index is -0.310. The molecule has 0 unspecified atom stereocenters. The molecule has 0 heterocycles. The number of rotatable bonds is 7. The van der Waals surface area contributed by atoms with Crippen molar-refractivity contribution < 1.29 is 14.3 Å². The number of hydrazine groups is 1. The first kappa shape index (κ1) is 21.9. The maximum absolute atomic E-state index is 12.6. The Bertz CT molecular complexity index is 831. The van der Waals surface area contributed by atoms with Crippen LogP contribution in [0.5, 0.6) is 11.5 Å². The molecule has 2 atom stereocenters. The highest BCUT2D eigenvalue weighted by Gasteiger charge is 2.22. The Morgan fingerprint density at radius 3 is 2.47 bits per heavy atom. The number of nitrogens with one attached hydrogen (secondary N) is 3. The normalized spacial score (nSPS) is 18.2. The third-order valence-electron chi connectivity index (χ3n) is 5.20. The minimum absolute atomic E-state index is 0.310. The van der Waals surface area contributed by atoms with Crippen LogP contribution in [0.3, 0.4) is 0 Å². The average Bonchev–Trinajstić information content (AvgIpc) is 2.78. The summed E-state index contributed by atoms with van der Waals surface area (Å²) in [5.74, 6) is 1.54. The summed E-state index contributed by atoms with van der Waals surface area (Å²) >= 11 is 5.34. The standard InChI is InChI=1S/C23H29N3O3S/c1-17-9-5-7-13-20(17)24-23(30)26-25-22(27)19-12-6-8-14-21(19)29-16-15-28-18-10-3-2-4-11-18/h2-4,6,8,10-12,14,17,20H,5,7,9,13,15-16H2,1H3,(H,25,27)(H2,24,26,30)/t17-,20-/m1/s1. The van der Waals surface area contributed by atoms with Crippen molar-refractivity contribution in [1.29, 1.82) is 0 Å². The van der Waals surface area contributed by atoms with E-state index in [1.807, 2.05) is 36.4 Å². The monoisotopic (exact) mass is 427 g/mol. The summed E-state index contributed by atoms with van der Waals surface area (Å²) < 4.78 is 11.4. The van der Waals surface area contributed by atoms with Crippen molar-refractivity contribution in [2.75, 3.05) is 13.2 Å². The van der Waals surface area contributed by atoms with Gasteiger partial charge >= 0.3 is 0 Å². The van der Waals surface area contributed by atoms with Crippen LogP contribution in [0.25, 0.3) is 0 Å². The Hall–Kier alpha value is -2.80. The number of benzene rings is 2. The molecule has 1 amide bonds. The first-order valence-electron chi connectivity index (χ1n) is 10.4. The van der Waals surface area contributed by atoms with Gasteiger partial charge in [0, 0.05) is 6.04 Å². The van der Waals surface area contributed by atoms with E-state index in [1.165, 1.54) is 19.3 Å². The van der Waals surface area contributed by atoms with E-state index in [0.717, 1.165) is 12.2 Å². The van der Waals surface area contributed by atoms with Crippen LogP contribution < -0.4 is 25.6 Å². The molecule has 6 nitrogen and oxygen atoms in total. The fourth-order valence-corrected chi connectivity index (χ4v) is 3.73. The molecule has 2 aromatic rings. The molecule has 30 heavy (non-hydrogen) atoms. The fourth-order valence-electron chi connectivity index (χ4n) is 3.52. The molecule has 3 rings (SSSR count). The van der Waals surface area contributed by atoms with Gasteiger partial charge in [-0.05, 0) is 55.2 Å². The van der Waals surface area contributed by atoms with Crippen molar-refractivity contribution >= 4 is 23.2 Å². The maximum atomic E-state index is 12.6. The lowest BCUT2D eigenvalue weighted by molar-refractivity contribution is 0.0938. The average molecular weight is 428 g/mol. The molecule has 1 aliphatic carbocycles. The first-order valence-corrected chi connectivity index (χ1v) is 10.8. The lowest BCUT2D eigenvalue weighted by Gasteiger charge is -2.30. The van der Waals surface area contributed by atoms with Crippen molar-refractivity contribution in [2.24, 2.45) is 5.92 Å². The molecule has 2 aromatic carbocycles. The van der Waals surface area contributed by atoms with Gasteiger partial charge in [-0.15, -0.1) is 0 Å². The Kier molecular flexibility index (Phi) is 8.32. The second-order valence-electron chi connectivity index (χ2n) is 7.43. The third-order valence-corrected chi connectivity index (χ3v) is 5.42. The highest BCUT2D eigenvalue weighted by Crippen LogP contribution is 2.23. The van der Waals surface area contributed by atoms with E-state index < -0.39 is 0 Å². The second kappa shape index (κ2) is 11.4. The number of amides is 1. The van der Waals surface area contributed by atoms with Gasteiger partial charge in [0.1, 0.15) is 24.7 Å². The third kappa shape index (κ3) is 6.62. The number of hydrogen-bond donors (Lipinski definition) is 3. The summed E-state index contributed by atoms with van der Waals surface area (Å²) in [5, 5.41) is 3.73. The second-order valence-corrected chi connectivity index (χ2v) is 7.84. The number of ether oxygens (including phenoxy) is 2. The number of hydrogen-bond acceptors (Lipinski definition) is 4. The SMILES string of the molecule is C[C@@H]1CCCC[C@H]1NC(=S)NNC(=O)c1ccccc1OCCOc1ccccc1. The van der Waals surface area contributed by atoms with Crippen LogP contribution in [0.15, 0.2) is 54.6 Å². The Morgan fingerprint density at radius 1 is 0.967 bits per heavy atom. The topological polar surface area (TPSA) is 71.6 Å². The van der Waals surface area contributed by atoms with Crippen LogP contribution >= 0.6 is 12.2 Å². The number of carbonyl (C=O) groups excluding carboxylic acids is 1. The van der Waals surface area contributed by atoms with Crippen molar-refractivity contribution in [3.8, 4) is 11.5 Å². The molecule has 0 bridgehead atoms. The van der Waals surface area contributed by atoms with E-state index in [4.69, 9.17) is 21.7 Å². The molecule has 0 radical (unpaired) electrons. The molecule has 1 fully saturated rings. The van der Waals surface area contributed by atoms with Gasteiger partial charge < -0.3 is 14.8 Å². The van der Waals surface area contributed by atoms with Crippen LogP contribution in [0.2, 0.25) is 0 Å². The predicted molar refractivity (Wildman–Crippen MR) is 122 cm³/mol. The zero-order chi connectivity index (χ0) is 21.2. The molecule has 0 aromatic heterocycles. The summed E-state index contributed by atoms with van der Waals surface area (Å²) in [4.78, 5) is 12.6. The number of carbonyl (C=O) groups is 1. The fraction of sp³-hybridized carbons (Fsp3) is 0.391. The summed E-state index contributed by atoms with van der Waals surface area (Å²) in [5.41, 5.74) is 5.89. The maximum Gasteiger partial charge on any atom is 0.273 e. The van der Waals surface area contributed by atoms with Crippen molar-refractivity contribution in [2.45, 2.75) is 38.6 Å². The zero-order valence-electron chi connectivity index (χ0n) is 17.2. The van der Waals surface area contributed by atoms with E-state index in [-0.39, 0.29) is 5.91 Å². The van der Waals surface area contributed by atoms with E-state index in [1.54, 1.807) is 18.2 Å². The number of thiocarbonyl (C=S) groups is 1. The molecule has 1 aliphatic rings. The van der Waals surface area contributed by atoms with Gasteiger partial charge in [-0.2, -0.15) is 0 Å². The van der Waals surface area contributed by atoms with Gasteiger partial charge in [-0.1, -0.05) is 50.1 Å². The van der Waals surface area contributed by atoms with E-state index in [9.17, 15) is 4.79 Å². The summed E-state index contributed by atoms with van der Waals surface area (Å²) in [6, 6.07) is 17.0. The van der Waals surface area contributed by atoms with Gasteiger partial charge in [0.2, 0.25) is 0 Å².